The van der Waals surface area contributed by atoms with Gasteiger partial charge in [0.05, 0.1) is 24.9 Å². The predicted molar refractivity (Wildman–Crippen MR) is 45.9 cm³/mol. The van der Waals surface area contributed by atoms with Gasteiger partial charge in [-0.3, -0.25) is 0 Å². The summed E-state index contributed by atoms with van der Waals surface area (Å²) in [7, 11) is 0. The number of hydrogen-bond donors (Lipinski definition) is 2. The maximum absolute atomic E-state index is 9.03. The van der Waals surface area contributed by atoms with Gasteiger partial charge in [0.2, 0.25) is 0 Å². The summed E-state index contributed by atoms with van der Waals surface area (Å²) in [5.41, 5.74) is 0. The maximum atomic E-state index is 9.03. The lowest BCUT2D eigenvalue weighted by atomic mass is 10.1. The molecule has 3 unspecified atom stereocenters. The summed E-state index contributed by atoms with van der Waals surface area (Å²) in [5, 5.41) is 17.8. The molecule has 1 aliphatic rings. The van der Waals surface area contributed by atoms with Crippen molar-refractivity contribution in [2.75, 3.05) is 6.61 Å². The van der Waals surface area contributed by atoms with Crippen LogP contribution in [0, 0.1) is 0 Å². The van der Waals surface area contributed by atoms with Gasteiger partial charge in [-0.1, -0.05) is 0 Å². The van der Waals surface area contributed by atoms with E-state index in [0.717, 1.165) is 25.7 Å². The Morgan fingerprint density at radius 1 is 1.42 bits per heavy atom. The van der Waals surface area contributed by atoms with Crippen LogP contribution < -0.4 is 0 Å². The molecule has 0 aromatic heterocycles. The van der Waals surface area contributed by atoms with Crippen molar-refractivity contribution in [3.8, 4) is 0 Å². The van der Waals surface area contributed by atoms with E-state index < -0.39 is 0 Å². The molecule has 0 aromatic carbocycles. The summed E-state index contributed by atoms with van der Waals surface area (Å²) >= 11 is 0. The van der Waals surface area contributed by atoms with E-state index in [1.165, 1.54) is 0 Å². The van der Waals surface area contributed by atoms with Crippen molar-refractivity contribution in [3.05, 3.63) is 0 Å². The van der Waals surface area contributed by atoms with Crippen LogP contribution >= 0.6 is 0 Å². The smallest absolute Gasteiger partial charge is 0.0810 e. The molecule has 0 spiro atoms. The molecule has 12 heavy (non-hydrogen) atoms. The second-order valence-corrected chi connectivity index (χ2v) is 3.57. The Morgan fingerprint density at radius 2 is 2.08 bits per heavy atom. The maximum Gasteiger partial charge on any atom is 0.0810 e. The first kappa shape index (κ1) is 9.96. The minimum absolute atomic E-state index is 0.0454. The zero-order chi connectivity index (χ0) is 8.97. The second kappa shape index (κ2) is 4.80. The Bertz CT molecular complexity index is 125. The SMILES string of the molecule is CC(O)CCC1CCC(CO)O1. The van der Waals surface area contributed by atoms with Gasteiger partial charge >= 0.3 is 0 Å². The van der Waals surface area contributed by atoms with Crippen LogP contribution in [0.4, 0.5) is 0 Å². The molecule has 3 nitrogen and oxygen atoms in total. The fourth-order valence-electron chi connectivity index (χ4n) is 1.55. The van der Waals surface area contributed by atoms with Gasteiger partial charge in [-0.15, -0.1) is 0 Å². The first-order valence-corrected chi connectivity index (χ1v) is 4.66. The fraction of sp³-hybridized carbons (Fsp3) is 1.00. The Labute approximate surface area is 73.4 Å². The molecule has 1 saturated heterocycles. The first-order valence-electron chi connectivity index (χ1n) is 4.66. The van der Waals surface area contributed by atoms with Crippen LogP contribution in [-0.4, -0.2) is 35.1 Å². The first-order chi connectivity index (χ1) is 5.72. The highest BCUT2D eigenvalue weighted by molar-refractivity contribution is 4.73. The zero-order valence-electron chi connectivity index (χ0n) is 7.57. The van der Waals surface area contributed by atoms with Crippen molar-refractivity contribution in [1.29, 1.82) is 0 Å². The van der Waals surface area contributed by atoms with Crippen LogP contribution in [0.25, 0.3) is 0 Å². The van der Waals surface area contributed by atoms with Gasteiger partial charge < -0.3 is 14.9 Å². The quantitative estimate of drug-likeness (QED) is 0.659. The molecule has 0 aliphatic carbocycles. The van der Waals surface area contributed by atoms with Crippen LogP contribution in [0.15, 0.2) is 0 Å². The lowest BCUT2D eigenvalue weighted by Crippen LogP contribution is -2.15. The molecule has 1 fully saturated rings. The number of ether oxygens (including phenoxy) is 1. The number of hydrogen-bond acceptors (Lipinski definition) is 3. The standard InChI is InChI=1S/C9H18O3/c1-7(11)2-3-8-4-5-9(6-10)12-8/h7-11H,2-6H2,1H3. The van der Waals surface area contributed by atoms with E-state index in [9.17, 15) is 0 Å². The summed E-state index contributed by atoms with van der Waals surface area (Å²) in [5.74, 6) is 0. The lowest BCUT2D eigenvalue weighted by molar-refractivity contribution is 0.00327. The van der Waals surface area contributed by atoms with Crippen molar-refractivity contribution in [2.45, 2.75) is 50.9 Å². The normalized spacial score (nSPS) is 32.2. The Morgan fingerprint density at radius 3 is 2.58 bits per heavy atom. The van der Waals surface area contributed by atoms with E-state index in [-0.39, 0.29) is 24.9 Å². The Kier molecular flexibility index (Phi) is 3.98. The van der Waals surface area contributed by atoms with E-state index in [1.54, 1.807) is 6.92 Å². The van der Waals surface area contributed by atoms with Gasteiger partial charge in [0, 0.05) is 0 Å². The summed E-state index contributed by atoms with van der Waals surface area (Å²) in [6.07, 6.45) is 3.76. The van der Waals surface area contributed by atoms with Gasteiger partial charge in [0.15, 0.2) is 0 Å². The van der Waals surface area contributed by atoms with Crippen molar-refractivity contribution < 1.29 is 14.9 Å². The third-order valence-corrected chi connectivity index (χ3v) is 2.31. The minimum atomic E-state index is -0.234. The molecule has 0 saturated carbocycles. The zero-order valence-corrected chi connectivity index (χ0v) is 7.57. The predicted octanol–water partition coefficient (Wildman–Crippen LogP) is 0.687. The molecule has 72 valence electrons. The molecule has 0 bridgehead atoms. The summed E-state index contributed by atoms with van der Waals surface area (Å²) in [6, 6.07) is 0. The molecule has 0 aromatic rings. The minimum Gasteiger partial charge on any atom is -0.394 e. The largest absolute Gasteiger partial charge is 0.394 e. The van der Waals surface area contributed by atoms with Crippen LogP contribution in [0.5, 0.6) is 0 Å². The molecule has 0 amide bonds. The van der Waals surface area contributed by atoms with E-state index in [1.807, 2.05) is 0 Å². The van der Waals surface area contributed by atoms with E-state index in [4.69, 9.17) is 14.9 Å². The van der Waals surface area contributed by atoms with Crippen LogP contribution in [0.2, 0.25) is 0 Å². The molecule has 1 rings (SSSR count). The monoisotopic (exact) mass is 174 g/mol. The van der Waals surface area contributed by atoms with Crippen molar-refractivity contribution in [2.24, 2.45) is 0 Å². The second-order valence-electron chi connectivity index (χ2n) is 3.57. The fourth-order valence-corrected chi connectivity index (χ4v) is 1.55. The summed E-state index contributed by atoms with van der Waals surface area (Å²) in [4.78, 5) is 0. The van der Waals surface area contributed by atoms with Gasteiger partial charge in [-0.25, -0.2) is 0 Å². The Balaban J connectivity index is 2.11. The highest BCUT2D eigenvalue weighted by Crippen LogP contribution is 2.23. The average molecular weight is 174 g/mol. The molecular formula is C9H18O3. The topological polar surface area (TPSA) is 49.7 Å². The van der Waals surface area contributed by atoms with Crippen LogP contribution in [0.1, 0.15) is 32.6 Å². The molecule has 2 N–H and O–H groups in total. The van der Waals surface area contributed by atoms with Gasteiger partial charge in [-0.05, 0) is 32.6 Å². The molecule has 0 radical (unpaired) electrons. The third kappa shape index (κ3) is 3.09. The Hall–Kier alpha value is -0.120. The van der Waals surface area contributed by atoms with Crippen LogP contribution in [0.3, 0.4) is 0 Å². The highest BCUT2D eigenvalue weighted by atomic mass is 16.5. The van der Waals surface area contributed by atoms with E-state index in [2.05, 4.69) is 0 Å². The van der Waals surface area contributed by atoms with Gasteiger partial charge in [0.1, 0.15) is 0 Å². The van der Waals surface area contributed by atoms with E-state index in [0.29, 0.717) is 0 Å². The van der Waals surface area contributed by atoms with Crippen molar-refractivity contribution >= 4 is 0 Å². The summed E-state index contributed by atoms with van der Waals surface area (Å²) in [6.45, 7) is 1.92. The van der Waals surface area contributed by atoms with Gasteiger partial charge in [-0.2, -0.15) is 0 Å². The molecule has 1 heterocycles. The number of rotatable bonds is 4. The number of aliphatic hydroxyl groups is 2. The molecule has 3 heteroatoms. The molecular weight excluding hydrogens is 156 g/mol. The molecule has 1 aliphatic heterocycles. The lowest BCUT2D eigenvalue weighted by Gasteiger charge is -2.12. The van der Waals surface area contributed by atoms with Crippen molar-refractivity contribution in [1.82, 2.24) is 0 Å². The van der Waals surface area contributed by atoms with Gasteiger partial charge in [0.25, 0.3) is 0 Å². The summed E-state index contributed by atoms with van der Waals surface area (Å²) < 4.78 is 5.50. The number of aliphatic hydroxyl groups excluding tert-OH is 2. The van der Waals surface area contributed by atoms with E-state index >= 15 is 0 Å². The third-order valence-electron chi connectivity index (χ3n) is 2.31. The highest BCUT2D eigenvalue weighted by Gasteiger charge is 2.24. The van der Waals surface area contributed by atoms with Crippen molar-refractivity contribution in [3.63, 3.8) is 0 Å². The molecule has 3 atom stereocenters. The average Bonchev–Trinajstić information content (AvgIpc) is 2.48. The van der Waals surface area contributed by atoms with Crippen LogP contribution in [-0.2, 0) is 4.74 Å².